The van der Waals surface area contributed by atoms with Crippen molar-refractivity contribution in [3.63, 3.8) is 0 Å². The van der Waals surface area contributed by atoms with Gasteiger partial charge in [-0.1, -0.05) is 6.92 Å². The summed E-state index contributed by atoms with van der Waals surface area (Å²) in [5.41, 5.74) is 0.439. The number of hydrogen-bond acceptors (Lipinski definition) is 1. The second kappa shape index (κ2) is 1.23. The molecule has 0 amide bonds. The van der Waals surface area contributed by atoms with E-state index in [1.165, 1.54) is 12.8 Å². The van der Waals surface area contributed by atoms with Gasteiger partial charge in [0.25, 0.3) is 0 Å². The average Bonchev–Trinajstić information content (AvgIpc) is 2.22. The van der Waals surface area contributed by atoms with Gasteiger partial charge in [0.05, 0.1) is 6.07 Å². The predicted molar refractivity (Wildman–Crippen MR) is 27.6 cm³/mol. The maximum atomic E-state index is 8.19. The van der Waals surface area contributed by atoms with Gasteiger partial charge in [-0.2, -0.15) is 5.26 Å². The molecule has 0 radical (unpaired) electrons. The van der Waals surface area contributed by atoms with Crippen LogP contribution in [0.4, 0.5) is 0 Å². The number of nitrogens with zero attached hydrogens (tertiary/aromatic N) is 1. The van der Waals surface area contributed by atoms with Crippen molar-refractivity contribution in [2.75, 3.05) is 0 Å². The molecule has 0 spiro atoms. The Labute approximate surface area is 44.0 Å². The van der Waals surface area contributed by atoms with E-state index in [-0.39, 0.29) is 0 Å². The molecule has 0 aromatic carbocycles. The second-order valence-electron chi connectivity index (χ2n) is 2.65. The Hall–Kier alpha value is -0.510. The minimum absolute atomic E-state index is 0.439. The summed E-state index contributed by atoms with van der Waals surface area (Å²) in [4.78, 5) is 0. The van der Waals surface area contributed by atoms with Crippen LogP contribution in [0.2, 0.25) is 0 Å². The van der Waals surface area contributed by atoms with E-state index in [0.717, 1.165) is 6.42 Å². The highest BCUT2D eigenvalue weighted by molar-refractivity contribution is 4.95. The van der Waals surface area contributed by atoms with Crippen LogP contribution >= 0.6 is 0 Å². The average molecular weight is 95.1 g/mol. The van der Waals surface area contributed by atoms with Crippen LogP contribution in [0.1, 0.15) is 26.2 Å². The van der Waals surface area contributed by atoms with Crippen molar-refractivity contribution in [1.82, 2.24) is 0 Å². The lowest BCUT2D eigenvalue weighted by molar-refractivity contribution is 0.592. The smallest absolute Gasteiger partial charge is 0.0627 e. The van der Waals surface area contributed by atoms with Gasteiger partial charge in [-0.3, -0.25) is 0 Å². The second-order valence-corrected chi connectivity index (χ2v) is 2.65. The van der Waals surface area contributed by atoms with Crippen LogP contribution in [0.25, 0.3) is 0 Å². The lowest BCUT2D eigenvalue weighted by Crippen LogP contribution is -1.87. The highest BCUT2D eigenvalue weighted by Crippen LogP contribution is 2.47. The molecule has 1 aliphatic rings. The topological polar surface area (TPSA) is 23.8 Å². The van der Waals surface area contributed by atoms with Gasteiger partial charge in [0.2, 0.25) is 0 Å². The summed E-state index contributed by atoms with van der Waals surface area (Å²) in [6.45, 7) is 2.16. The molecule has 1 nitrogen and oxygen atoms in total. The Balaban J connectivity index is 2.30. The Morgan fingerprint density at radius 3 is 2.43 bits per heavy atom. The Morgan fingerprint density at radius 2 is 2.29 bits per heavy atom. The predicted octanol–water partition coefficient (Wildman–Crippen LogP) is 1.70. The molecule has 0 aromatic heterocycles. The van der Waals surface area contributed by atoms with E-state index >= 15 is 0 Å². The summed E-state index contributed by atoms with van der Waals surface area (Å²) in [5, 5.41) is 8.19. The molecule has 0 bridgehead atoms. The van der Waals surface area contributed by atoms with E-state index in [1.54, 1.807) is 0 Å². The van der Waals surface area contributed by atoms with Crippen LogP contribution in [-0.4, -0.2) is 0 Å². The monoisotopic (exact) mass is 95.1 g/mol. The minimum Gasteiger partial charge on any atom is -0.198 e. The summed E-state index contributed by atoms with van der Waals surface area (Å²) in [6.07, 6.45) is 3.29. The van der Waals surface area contributed by atoms with Gasteiger partial charge in [0, 0.05) is 6.42 Å². The third-order valence-corrected chi connectivity index (χ3v) is 1.61. The van der Waals surface area contributed by atoms with E-state index in [0.29, 0.717) is 5.41 Å². The van der Waals surface area contributed by atoms with Crippen LogP contribution < -0.4 is 0 Å². The molecular formula is C6H9N. The zero-order valence-corrected chi connectivity index (χ0v) is 4.57. The van der Waals surface area contributed by atoms with E-state index in [9.17, 15) is 0 Å². The standard InChI is InChI=1S/C6H9N/c1-6(2-3-6)4-5-7/h2-4H2,1H3. The molecule has 0 heterocycles. The van der Waals surface area contributed by atoms with Crippen molar-refractivity contribution in [3.8, 4) is 6.07 Å². The van der Waals surface area contributed by atoms with Gasteiger partial charge in [0.15, 0.2) is 0 Å². The molecule has 7 heavy (non-hydrogen) atoms. The molecule has 1 fully saturated rings. The number of hydrogen-bond donors (Lipinski definition) is 0. The zero-order chi connectivity index (χ0) is 5.33. The Morgan fingerprint density at radius 1 is 1.71 bits per heavy atom. The van der Waals surface area contributed by atoms with Gasteiger partial charge in [-0.15, -0.1) is 0 Å². The molecule has 1 saturated carbocycles. The van der Waals surface area contributed by atoms with E-state index in [4.69, 9.17) is 5.26 Å². The molecule has 0 aliphatic heterocycles. The van der Waals surface area contributed by atoms with Gasteiger partial charge in [-0.05, 0) is 18.3 Å². The van der Waals surface area contributed by atoms with Crippen molar-refractivity contribution in [1.29, 1.82) is 5.26 Å². The van der Waals surface area contributed by atoms with Crippen molar-refractivity contribution in [2.24, 2.45) is 5.41 Å². The summed E-state index contributed by atoms with van der Waals surface area (Å²) in [6, 6.07) is 2.17. The molecule has 0 atom stereocenters. The van der Waals surface area contributed by atoms with Crippen LogP contribution in [0.5, 0.6) is 0 Å². The lowest BCUT2D eigenvalue weighted by atomic mass is 10.1. The van der Waals surface area contributed by atoms with E-state index in [2.05, 4.69) is 13.0 Å². The molecule has 1 heteroatoms. The third kappa shape index (κ3) is 0.928. The summed E-state index contributed by atoms with van der Waals surface area (Å²) in [5.74, 6) is 0. The molecule has 0 unspecified atom stereocenters. The van der Waals surface area contributed by atoms with Gasteiger partial charge in [0.1, 0.15) is 0 Å². The lowest BCUT2D eigenvalue weighted by Gasteiger charge is -1.94. The van der Waals surface area contributed by atoms with Crippen molar-refractivity contribution >= 4 is 0 Å². The first-order chi connectivity index (χ1) is 3.27. The minimum atomic E-state index is 0.439. The normalized spacial score (nSPS) is 23.4. The summed E-state index contributed by atoms with van der Waals surface area (Å²) in [7, 11) is 0. The number of nitriles is 1. The maximum absolute atomic E-state index is 8.19. The molecular weight excluding hydrogens is 86.1 g/mol. The van der Waals surface area contributed by atoms with Crippen molar-refractivity contribution < 1.29 is 0 Å². The molecule has 0 aromatic rings. The van der Waals surface area contributed by atoms with Gasteiger partial charge < -0.3 is 0 Å². The Kier molecular flexibility index (Phi) is 0.815. The molecule has 38 valence electrons. The third-order valence-electron chi connectivity index (χ3n) is 1.61. The van der Waals surface area contributed by atoms with Gasteiger partial charge in [-0.25, -0.2) is 0 Å². The van der Waals surface area contributed by atoms with Crippen LogP contribution in [0.15, 0.2) is 0 Å². The summed E-state index contributed by atoms with van der Waals surface area (Å²) < 4.78 is 0. The van der Waals surface area contributed by atoms with E-state index in [1.807, 2.05) is 0 Å². The quantitative estimate of drug-likeness (QED) is 0.486. The number of rotatable bonds is 1. The molecule has 1 rings (SSSR count). The maximum Gasteiger partial charge on any atom is 0.0627 e. The Bertz CT molecular complexity index is 106. The SMILES string of the molecule is CC1(CC#N)CC1. The summed E-state index contributed by atoms with van der Waals surface area (Å²) >= 11 is 0. The van der Waals surface area contributed by atoms with Crippen LogP contribution in [0.3, 0.4) is 0 Å². The van der Waals surface area contributed by atoms with Gasteiger partial charge >= 0.3 is 0 Å². The molecule has 0 saturated heterocycles. The van der Waals surface area contributed by atoms with E-state index < -0.39 is 0 Å². The first-order valence-electron chi connectivity index (χ1n) is 2.64. The van der Waals surface area contributed by atoms with Crippen molar-refractivity contribution in [3.05, 3.63) is 0 Å². The first-order valence-corrected chi connectivity index (χ1v) is 2.64. The van der Waals surface area contributed by atoms with Crippen LogP contribution in [0, 0.1) is 16.7 Å². The fourth-order valence-electron chi connectivity index (χ4n) is 0.581. The highest BCUT2D eigenvalue weighted by atomic mass is 14.4. The molecule has 1 aliphatic carbocycles. The highest BCUT2D eigenvalue weighted by Gasteiger charge is 2.36. The van der Waals surface area contributed by atoms with Crippen molar-refractivity contribution in [2.45, 2.75) is 26.2 Å². The first kappa shape index (κ1) is 4.64. The largest absolute Gasteiger partial charge is 0.198 e. The van der Waals surface area contributed by atoms with Crippen LogP contribution in [-0.2, 0) is 0 Å². The fraction of sp³-hybridized carbons (Fsp3) is 0.833. The fourth-order valence-corrected chi connectivity index (χ4v) is 0.581. The zero-order valence-electron chi connectivity index (χ0n) is 4.57. The molecule has 0 N–H and O–H groups in total.